The normalized spacial score (nSPS) is 44.0. The molecule has 0 aliphatic heterocycles. The molecule has 4 rings (SSSR count). The zero-order valence-corrected chi connectivity index (χ0v) is 25.1. The van der Waals surface area contributed by atoms with Crippen molar-refractivity contribution in [3.8, 4) is 0 Å². The van der Waals surface area contributed by atoms with Gasteiger partial charge in [-0.15, -0.1) is 0 Å². The van der Waals surface area contributed by atoms with Crippen molar-refractivity contribution >= 4 is 18.4 Å². The molecule has 3 saturated carbocycles. The van der Waals surface area contributed by atoms with Gasteiger partial charge in [0.1, 0.15) is 0 Å². The molecule has 0 N–H and O–H groups in total. The summed E-state index contributed by atoms with van der Waals surface area (Å²) in [6.07, 6.45) is 12.9. The molecule has 0 spiro atoms. The summed E-state index contributed by atoms with van der Waals surface area (Å²) in [5.41, 5.74) is 2.35. The van der Waals surface area contributed by atoms with Gasteiger partial charge in [-0.05, 0) is 0 Å². The SMILES string of the molecule is CC([C@H]1CC([CH2][119Sn]([CH3])([CH3])[CH3])C2C3CC=C4CC(N(C)C)CC[C@]4(C)C3CCC21)N(C)C. The fourth-order valence-corrected chi connectivity index (χ4v) is 14.7. The third-order valence-corrected chi connectivity index (χ3v) is 15.7. The molecule has 0 saturated heterocycles. The molecular weight excluding hydrogens is 483 g/mol. The van der Waals surface area contributed by atoms with Crippen LogP contribution in [-0.2, 0) is 0 Å². The van der Waals surface area contributed by atoms with Gasteiger partial charge in [-0.3, -0.25) is 0 Å². The van der Waals surface area contributed by atoms with Crippen molar-refractivity contribution in [2.75, 3.05) is 28.2 Å². The van der Waals surface area contributed by atoms with E-state index in [0.29, 0.717) is 5.41 Å². The van der Waals surface area contributed by atoms with Crippen LogP contribution in [0.25, 0.3) is 0 Å². The van der Waals surface area contributed by atoms with Crippen molar-refractivity contribution in [1.82, 2.24) is 9.80 Å². The molecule has 3 heteroatoms. The summed E-state index contributed by atoms with van der Waals surface area (Å²) < 4.78 is 1.63. The second-order valence-corrected chi connectivity index (χ2v) is 29.7. The minimum atomic E-state index is -1.83. The van der Waals surface area contributed by atoms with Gasteiger partial charge in [0.15, 0.2) is 0 Å². The van der Waals surface area contributed by atoms with Crippen molar-refractivity contribution < 1.29 is 0 Å². The molecule has 7 unspecified atom stereocenters. The molecular formula is C28H52N2Sn. The number of allylic oxidation sites excluding steroid dienone is 1. The molecule has 9 atom stereocenters. The zero-order valence-electron chi connectivity index (χ0n) is 22.2. The van der Waals surface area contributed by atoms with Crippen molar-refractivity contribution in [3.05, 3.63) is 11.6 Å². The number of hydrogen-bond acceptors (Lipinski definition) is 2. The van der Waals surface area contributed by atoms with Crippen molar-refractivity contribution in [2.24, 2.45) is 40.9 Å². The average Bonchev–Trinajstić information content (AvgIpc) is 3.03. The maximum atomic E-state index is 2.78. The van der Waals surface area contributed by atoms with Crippen LogP contribution in [0.3, 0.4) is 0 Å². The molecule has 0 aromatic heterocycles. The van der Waals surface area contributed by atoms with Crippen molar-refractivity contribution in [2.45, 2.75) is 90.1 Å². The van der Waals surface area contributed by atoms with E-state index >= 15 is 0 Å². The van der Waals surface area contributed by atoms with Gasteiger partial charge in [0.25, 0.3) is 0 Å². The number of fused-ring (bicyclic) bond motifs is 5. The molecule has 0 radical (unpaired) electrons. The molecule has 4 aliphatic rings. The summed E-state index contributed by atoms with van der Waals surface area (Å²) in [5.74, 6) is 5.90. The van der Waals surface area contributed by atoms with Gasteiger partial charge in [0.2, 0.25) is 0 Å². The Morgan fingerprint density at radius 3 is 2.39 bits per heavy atom. The van der Waals surface area contributed by atoms with E-state index in [1.165, 1.54) is 44.9 Å². The van der Waals surface area contributed by atoms with Crippen molar-refractivity contribution in [3.63, 3.8) is 0 Å². The van der Waals surface area contributed by atoms with E-state index in [2.05, 4.69) is 72.7 Å². The van der Waals surface area contributed by atoms with E-state index in [1.807, 2.05) is 5.57 Å². The minimum absolute atomic E-state index is 0.501. The van der Waals surface area contributed by atoms with Gasteiger partial charge in [-0.1, -0.05) is 0 Å². The summed E-state index contributed by atoms with van der Waals surface area (Å²) in [7, 11) is 9.22. The molecule has 0 amide bonds. The quantitative estimate of drug-likeness (QED) is 0.288. The van der Waals surface area contributed by atoms with Crippen LogP contribution in [0.15, 0.2) is 11.6 Å². The third kappa shape index (κ3) is 4.57. The van der Waals surface area contributed by atoms with Crippen LogP contribution in [0, 0.1) is 40.9 Å². The van der Waals surface area contributed by atoms with Crippen molar-refractivity contribution in [1.29, 1.82) is 0 Å². The van der Waals surface area contributed by atoms with Crippen LogP contribution in [-0.4, -0.2) is 68.5 Å². The molecule has 0 heterocycles. The maximum absolute atomic E-state index is 2.78. The summed E-state index contributed by atoms with van der Waals surface area (Å²) >= 11 is -1.83. The zero-order chi connectivity index (χ0) is 22.7. The topological polar surface area (TPSA) is 6.48 Å². The standard InChI is InChI=1S/C25H43N2.3CH3.Sn/c1-16-14-22(17(2)26(4)5)20-10-11-23-21(24(16)20)9-8-18-15-19(27(6)7)12-13-25(18,23)3;;;;/h8,16-17,19-24H,1,9-15H2,2-7H3;3*1H3;/t16?,17?,19?,20?,21?,22-,23?,24?,25+;;;;/m1..../s1/i;;;;1+0. The molecule has 2 nitrogen and oxygen atoms in total. The Labute approximate surface area is 198 Å². The van der Waals surface area contributed by atoms with Crippen LogP contribution in [0.5, 0.6) is 0 Å². The molecule has 0 bridgehead atoms. The van der Waals surface area contributed by atoms with Crippen LogP contribution < -0.4 is 0 Å². The van der Waals surface area contributed by atoms with Gasteiger partial charge in [0, 0.05) is 0 Å². The van der Waals surface area contributed by atoms with E-state index in [1.54, 1.807) is 4.44 Å². The Morgan fingerprint density at radius 2 is 1.77 bits per heavy atom. The van der Waals surface area contributed by atoms with Gasteiger partial charge >= 0.3 is 199 Å². The predicted molar refractivity (Wildman–Crippen MR) is 138 cm³/mol. The van der Waals surface area contributed by atoms with Crippen LogP contribution in [0.4, 0.5) is 0 Å². The first kappa shape index (κ1) is 24.6. The molecule has 4 aliphatic carbocycles. The second-order valence-electron chi connectivity index (χ2n) is 14.0. The van der Waals surface area contributed by atoms with E-state index < -0.39 is 18.4 Å². The molecule has 31 heavy (non-hydrogen) atoms. The predicted octanol–water partition coefficient (Wildman–Crippen LogP) is 6.62. The number of nitrogens with zero attached hydrogens (tertiary/aromatic N) is 2. The Kier molecular flexibility index (Phi) is 7.07. The summed E-state index contributed by atoms with van der Waals surface area (Å²) in [5, 5.41) is 0. The van der Waals surface area contributed by atoms with Gasteiger partial charge in [-0.2, -0.15) is 0 Å². The fourth-order valence-electron chi connectivity index (χ4n) is 8.98. The summed E-state index contributed by atoms with van der Waals surface area (Å²) in [6, 6.07) is 1.51. The second kappa shape index (κ2) is 8.91. The van der Waals surface area contributed by atoms with Crippen LogP contribution in [0.2, 0.25) is 19.3 Å². The number of rotatable bonds is 5. The Hall–Kier alpha value is 0.459. The fraction of sp³-hybridized carbons (Fsp3) is 0.929. The third-order valence-electron chi connectivity index (χ3n) is 10.7. The Balaban J connectivity index is 1.63. The van der Waals surface area contributed by atoms with Crippen LogP contribution in [0.1, 0.15) is 58.8 Å². The molecule has 0 aromatic carbocycles. The molecule has 3 fully saturated rings. The van der Waals surface area contributed by atoms with Gasteiger partial charge in [0.05, 0.1) is 0 Å². The van der Waals surface area contributed by atoms with Gasteiger partial charge < -0.3 is 0 Å². The van der Waals surface area contributed by atoms with E-state index in [4.69, 9.17) is 0 Å². The molecule has 0 aromatic rings. The van der Waals surface area contributed by atoms with Crippen LogP contribution >= 0.6 is 0 Å². The van der Waals surface area contributed by atoms with E-state index in [-0.39, 0.29) is 0 Å². The first-order chi connectivity index (χ1) is 14.4. The Bertz CT molecular complexity index is 677. The first-order valence-electron chi connectivity index (χ1n) is 13.4. The van der Waals surface area contributed by atoms with E-state index in [0.717, 1.165) is 47.6 Å². The van der Waals surface area contributed by atoms with Gasteiger partial charge in [-0.25, -0.2) is 0 Å². The number of hydrogen-bond donors (Lipinski definition) is 0. The monoisotopic (exact) mass is 535 g/mol. The summed E-state index contributed by atoms with van der Waals surface area (Å²) in [4.78, 5) is 13.1. The van der Waals surface area contributed by atoms with E-state index in [9.17, 15) is 0 Å². The Morgan fingerprint density at radius 1 is 1.06 bits per heavy atom. The summed E-state index contributed by atoms with van der Waals surface area (Å²) in [6.45, 7) is 5.22. The first-order valence-corrected chi connectivity index (χ1v) is 24.0. The molecule has 178 valence electrons. The average molecular weight is 536 g/mol.